The number of benzene rings is 1. The third-order valence-corrected chi connectivity index (χ3v) is 4.64. The lowest BCUT2D eigenvalue weighted by atomic mass is 10.1. The van der Waals surface area contributed by atoms with E-state index in [1.165, 1.54) is 16.6 Å². The number of anilines is 1. The number of imidazole rings is 1. The minimum absolute atomic E-state index is 0.0851. The van der Waals surface area contributed by atoms with Crippen LogP contribution >= 0.6 is 0 Å². The molecule has 3 heterocycles. The molecule has 3 aromatic heterocycles. The molecule has 0 aliphatic carbocycles. The second kappa shape index (κ2) is 9.08. The Hall–Kier alpha value is -3.89. The number of aliphatic hydroxyl groups is 2. The third kappa shape index (κ3) is 4.41. The number of hydrogen-bond acceptors (Lipinski definition) is 7. The van der Waals surface area contributed by atoms with Crippen LogP contribution < -0.4 is 10.1 Å². The highest BCUT2D eigenvalue weighted by atomic mass is 19.1. The van der Waals surface area contributed by atoms with Crippen molar-refractivity contribution in [1.29, 1.82) is 0 Å². The van der Waals surface area contributed by atoms with Crippen molar-refractivity contribution in [2.45, 2.75) is 13.0 Å². The predicted octanol–water partition coefficient (Wildman–Crippen LogP) is 2.22. The number of aromatic nitrogens is 4. The van der Waals surface area contributed by atoms with Gasteiger partial charge < -0.3 is 20.3 Å². The zero-order valence-electron chi connectivity index (χ0n) is 17.1. The van der Waals surface area contributed by atoms with E-state index >= 15 is 0 Å². The van der Waals surface area contributed by atoms with Crippen molar-refractivity contribution in [3.8, 4) is 17.0 Å². The molecule has 1 unspecified atom stereocenters. The topological polar surface area (TPSA) is 122 Å². The van der Waals surface area contributed by atoms with Crippen molar-refractivity contribution in [3.05, 3.63) is 71.9 Å². The first kappa shape index (κ1) is 21.3. The number of hydrogen-bond donors (Lipinski definition) is 3. The van der Waals surface area contributed by atoms with Gasteiger partial charge in [0.2, 0.25) is 0 Å². The van der Waals surface area contributed by atoms with Gasteiger partial charge >= 0.3 is 0 Å². The number of carbonyl (C=O) groups excluding carboxylic acids is 1. The molecular formula is C22H20FN5O4. The number of nitrogens with zero attached hydrogens (tertiary/aromatic N) is 4. The zero-order valence-corrected chi connectivity index (χ0v) is 17.1. The molecule has 1 aromatic carbocycles. The van der Waals surface area contributed by atoms with Crippen molar-refractivity contribution in [1.82, 2.24) is 19.6 Å². The van der Waals surface area contributed by atoms with Crippen LogP contribution in [-0.2, 0) is 0 Å². The largest absolute Gasteiger partial charge is 0.490 e. The summed E-state index contributed by atoms with van der Waals surface area (Å²) in [4.78, 5) is 21.1. The fraction of sp³-hybridized carbons (Fsp3) is 0.182. The van der Waals surface area contributed by atoms with Gasteiger partial charge in [-0.05, 0) is 43.3 Å². The lowest BCUT2D eigenvalue weighted by Crippen LogP contribution is -2.21. The van der Waals surface area contributed by atoms with Crippen LogP contribution in [0.15, 0.2) is 54.7 Å². The summed E-state index contributed by atoms with van der Waals surface area (Å²) in [5.74, 6) is -0.338. The first-order valence-corrected chi connectivity index (χ1v) is 9.76. The van der Waals surface area contributed by atoms with E-state index in [1.807, 2.05) is 6.07 Å². The molecule has 0 bridgehead atoms. The van der Waals surface area contributed by atoms with E-state index in [0.29, 0.717) is 28.3 Å². The molecule has 0 radical (unpaired) electrons. The van der Waals surface area contributed by atoms with Gasteiger partial charge in [0.25, 0.3) is 5.91 Å². The lowest BCUT2D eigenvalue weighted by Gasteiger charge is -2.13. The maximum atomic E-state index is 13.1. The summed E-state index contributed by atoms with van der Waals surface area (Å²) in [7, 11) is 0. The van der Waals surface area contributed by atoms with Gasteiger partial charge in [0.05, 0.1) is 24.2 Å². The lowest BCUT2D eigenvalue weighted by molar-refractivity contribution is 0.0538. The Bertz CT molecular complexity index is 1260. The van der Waals surface area contributed by atoms with E-state index in [0.717, 1.165) is 6.20 Å². The van der Waals surface area contributed by atoms with Crippen LogP contribution in [0, 0.1) is 12.7 Å². The molecule has 0 fully saturated rings. The molecule has 4 aromatic rings. The summed E-state index contributed by atoms with van der Waals surface area (Å²) in [6.07, 6.45) is 0.00278. The van der Waals surface area contributed by atoms with Crippen molar-refractivity contribution in [2.24, 2.45) is 0 Å². The Balaban J connectivity index is 1.69. The van der Waals surface area contributed by atoms with E-state index in [1.54, 1.807) is 37.3 Å². The summed E-state index contributed by atoms with van der Waals surface area (Å²) in [6, 6.07) is 13.1. The van der Waals surface area contributed by atoms with Gasteiger partial charge in [0, 0.05) is 5.56 Å². The second-order valence-corrected chi connectivity index (χ2v) is 6.99. The van der Waals surface area contributed by atoms with Gasteiger partial charge in [-0.25, -0.2) is 18.9 Å². The Morgan fingerprint density at radius 2 is 2.03 bits per heavy atom. The standard InChI is InChI=1S/C22H20FN5O4/c1-13-21(22(31)26-19-8-6-14(23)10-24-19)28-20(25-13)9-7-17(27-28)16-4-2-3-5-18(16)32-12-15(30)11-29/h2-10,15,29-30H,11-12H2,1H3,(H,24,26,31). The summed E-state index contributed by atoms with van der Waals surface area (Å²) < 4.78 is 20.1. The van der Waals surface area contributed by atoms with Gasteiger partial charge in [-0.15, -0.1) is 0 Å². The van der Waals surface area contributed by atoms with Crippen LogP contribution in [-0.4, -0.2) is 55.0 Å². The van der Waals surface area contributed by atoms with E-state index in [2.05, 4.69) is 20.4 Å². The monoisotopic (exact) mass is 437 g/mol. The molecule has 4 rings (SSSR count). The van der Waals surface area contributed by atoms with E-state index in [9.17, 15) is 14.3 Å². The summed E-state index contributed by atoms with van der Waals surface area (Å²) in [5.41, 5.74) is 2.29. The Kier molecular flexibility index (Phi) is 6.06. The number of aliphatic hydroxyl groups excluding tert-OH is 2. The van der Waals surface area contributed by atoms with Crippen LogP contribution in [0.5, 0.6) is 5.75 Å². The number of fused-ring (bicyclic) bond motifs is 1. The highest BCUT2D eigenvalue weighted by molar-refractivity contribution is 6.03. The van der Waals surface area contributed by atoms with Crippen LogP contribution in [0.25, 0.3) is 16.9 Å². The zero-order chi connectivity index (χ0) is 22.7. The molecule has 32 heavy (non-hydrogen) atoms. The molecule has 3 N–H and O–H groups in total. The molecule has 0 saturated heterocycles. The van der Waals surface area contributed by atoms with Crippen LogP contribution in [0.2, 0.25) is 0 Å². The van der Waals surface area contributed by atoms with Gasteiger partial charge in [0.1, 0.15) is 30.1 Å². The predicted molar refractivity (Wildman–Crippen MR) is 114 cm³/mol. The van der Waals surface area contributed by atoms with E-state index in [-0.39, 0.29) is 18.1 Å². The minimum atomic E-state index is -1.01. The molecule has 0 spiro atoms. The number of halogens is 1. The average Bonchev–Trinajstić information content (AvgIpc) is 3.14. The number of nitrogens with one attached hydrogen (secondary N) is 1. The minimum Gasteiger partial charge on any atom is -0.490 e. The smallest absolute Gasteiger partial charge is 0.277 e. The van der Waals surface area contributed by atoms with E-state index in [4.69, 9.17) is 9.84 Å². The highest BCUT2D eigenvalue weighted by Crippen LogP contribution is 2.29. The second-order valence-electron chi connectivity index (χ2n) is 6.99. The van der Waals surface area contributed by atoms with Crippen molar-refractivity contribution in [3.63, 3.8) is 0 Å². The van der Waals surface area contributed by atoms with Crippen molar-refractivity contribution >= 4 is 17.4 Å². The normalized spacial score (nSPS) is 12.0. The molecule has 9 nitrogen and oxygen atoms in total. The average molecular weight is 437 g/mol. The number of para-hydroxylation sites is 1. The Labute approximate surface area is 182 Å². The summed E-state index contributed by atoms with van der Waals surface area (Å²) >= 11 is 0. The number of ether oxygens (including phenoxy) is 1. The molecule has 0 saturated carbocycles. The molecule has 1 amide bonds. The number of carbonyl (C=O) groups is 1. The van der Waals surface area contributed by atoms with Crippen LogP contribution in [0.3, 0.4) is 0 Å². The summed E-state index contributed by atoms with van der Waals surface area (Å²) in [6.45, 7) is 1.19. The third-order valence-electron chi connectivity index (χ3n) is 4.64. The van der Waals surface area contributed by atoms with E-state index < -0.39 is 24.4 Å². The van der Waals surface area contributed by atoms with Crippen molar-refractivity contribution < 1.29 is 24.1 Å². The van der Waals surface area contributed by atoms with Gasteiger partial charge in [-0.2, -0.15) is 5.10 Å². The molecular weight excluding hydrogens is 417 g/mol. The number of pyridine rings is 1. The first-order chi connectivity index (χ1) is 15.5. The maximum absolute atomic E-state index is 13.1. The highest BCUT2D eigenvalue weighted by Gasteiger charge is 2.20. The molecule has 1 atom stereocenters. The number of amides is 1. The maximum Gasteiger partial charge on any atom is 0.277 e. The van der Waals surface area contributed by atoms with Gasteiger partial charge in [-0.1, -0.05) is 12.1 Å². The molecule has 0 aliphatic rings. The fourth-order valence-corrected chi connectivity index (χ4v) is 3.12. The van der Waals surface area contributed by atoms with Gasteiger partial charge in [0.15, 0.2) is 11.3 Å². The van der Waals surface area contributed by atoms with Crippen molar-refractivity contribution in [2.75, 3.05) is 18.5 Å². The molecule has 0 aliphatic heterocycles. The summed E-state index contributed by atoms with van der Waals surface area (Å²) in [5, 5.41) is 25.8. The number of rotatable bonds is 7. The Morgan fingerprint density at radius 1 is 1.22 bits per heavy atom. The molecule has 164 valence electrons. The van der Waals surface area contributed by atoms with Crippen LogP contribution in [0.1, 0.15) is 16.2 Å². The quantitative estimate of drug-likeness (QED) is 0.405. The Morgan fingerprint density at radius 3 is 2.78 bits per heavy atom. The first-order valence-electron chi connectivity index (χ1n) is 9.76. The SMILES string of the molecule is Cc1nc2ccc(-c3ccccc3OCC(O)CO)nn2c1C(=O)Nc1ccc(F)cn1. The van der Waals surface area contributed by atoms with Crippen LogP contribution in [0.4, 0.5) is 10.2 Å². The fourth-order valence-electron chi connectivity index (χ4n) is 3.12. The number of aryl methyl sites for hydroxylation is 1. The van der Waals surface area contributed by atoms with Gasteiger partial charge in [-0.3, -0.25) is 4.79 Å². The molecule has 10 heteroatoms.